The first-order valence-corrected chi connectivity index (χ1v) is 9.55. The molecule has 2 heteroatoms. The summed E-state index contributed by atoms with van der Waals surface area (Å²) in [5.41, 5.74) is 4.15. The van der Waals surface area contributed by atoms with E-state index in [-0.39, 0.29) is 0 Å². The molecule has 0 aliphatic carbocycles. The summed E-state index contributed by atoms with van der Waals surface area (Å²) in [6.07, 6.45) is 20.3. The molecule has 0 atom stereocenters. The van der Waals surface area contributed by atoms with Crippen molar-refractivity contribution in [2.75, 3.05) is 0 Å². The highest BCUT2D eigenvalue weighted by Gasteiger charge is 2.12. The second kappa shape index (κ2) is 18.3. The summed E-state index contributed by atoms with van der Waals surface area (Å²) in [7, 11) is 0. The van der Waals surface area contributed by atoms with E-state index in [4.69, 9.17) is 4.52 Å². The van der Waals surface area contributed by atoms with Crippen LogP contribution in [0.3, 0.4) is 0 Å². The van der Waals surface area contributed by atoms with Crippen molar-refractivity contribution in [2.24, 2.45) is 0 Å². The second-order valence-corrected chi connectivity index (χ2v) is 4.58. The first-order chi connectivity index (χ1) is 12.3. The Bertz CT molecular complexity index is 569. The van der Waals surface area contributed by atoms with E-state index in [0.29, 0.717) is 0 Å². The van der Waals surface area contributed by atoms with Crippen molar-refractivity contribution in [3.05, 3.63) is 66.1 Å². The van der Waals surface area contributed by atoms with E-state index < -0.39 is 0 Å². The highest BCUT2D eigenvalue weighted by Crippen LogP contribution is 2.27. The Labute approximate surface area is 155 Å². The number of rotatable bonds is 7. The van der Waals surface area contributed by atoms with Gasteiger partial charge in [0.15, 0.2) is 0 Å². The van der Waals surface area contributed by atoms with Gasteiger partial charge in [0, 0.05) is 11.1 Å². The van der Waals surface area contributed by atoms with Gasteiger partial charge in [-0.05, 0) is 32.3 Å². The summed E-state index contributed by atoms with van der Waals surface area (Å²) >= 11 is 0. The van der Waals surface area contributed by atoms with Crippen molar-refractivity contribution in [3.63, 3.8) is 0 Å². The van der Waals surface area contributed by atoms with Gasteiger partial charge in [-0.2, -0.15) is 0 Å². The molecule has 0 unspecified atom stereocenters. The van der Waals surface area contributed by atoms with Crippen molar-refractivity contribution in [1.29, 1.82) is 0 Å². The Morgan fingerprint density at radius 2 is 1.64 bits per heavy atom. The van der Waals surface area contributed by atoms with Gasteiger partial charge >= 0.3 is 0 Å². The Hall–Kier alpha value is -2.09. The minimum absolute atomic E-state index is 0.888. The molecular formula is C23H37NO. The minimum Gasteiger partial charge on any atom is -0.363 e. The van der Waals surface area contributed by atoms with E-state index in [2.05, 4.69) is 49.4 Å². The maximum absolute atomic E-state index is 5.22. The van der Waals surface area contributed by atoms with Gasteiger partial charge < -0.3 is 4.52 Å². The zero-order valence-corrected chi connectivity index (χ0v) is 17.5. The van der Waals surface area contributed by atoms with Gasteiger partial charge in [0.1, 0.15) is 12.0 Å². The van der Waals surface area contributed by atoms with E-state index in [0.717, 1.165) is 35.2 Å². The molecule has 0 saturated carbocycles. The molecule has 0 spiro atoms. The van der Waals surface area contributed by atoms with E-state index in [1.807, 2.05) is 59.8 Å². The summed E-state index contributed by atoms with van der Waals surface area (Å²) in [5.74, 6) is 0. The quantitative estimate of drug-likeness (QED) is 0.468. The normalized spacial score (nSPS) is 12.3. The lowest BCUT2D eigenvalue weighted by Crippen LogP contribution is -1.88. The molecule has 0 radical (unpaired) electrons. The van der Waals surface area contributed by atoms with Crippen LogP contribution in [-0.2, 0) is 0 Å². The molecule has 0 N–H and O–H groups in total. The first-order valence-electron chi connectivity index (χ1n) is 9.55. The lowest BCUT2D eigenvalue weighted by atomic mass is 10.00. The van der Waals surface area contributed by atoms with Crippen molar-refractivity contribution >= 4 is 11.1 Å². The van der Waals surface area contributed by atoms with Gasteiger partial charge in [0.2, 0.25) is 0 Å². The topological polar surface area (TPSA) is 26.0 Å². The summed E-state index contributed by atoms with van der Waals surface area (Å²) in [4.78, 5) is 0. The number of aromatic nitrogens is 1. The number of hydrogen-bond donors (Lipinski definition) is 0. The monoisotopic (exact) mass is 343 g/mol. The molecule has 0 aliphatic heterocycles. The van der Waals surface area contributed by atoms with Crippen LogP contribution in [0.1, 0.15) is 79.5 Å². The van der Waals surface area contributed by atoms with Gasteiger partial charge in [-0.1, -0.05) is 95.3 Å². The van der Waals surface area contributed by atoms with Crippen molar-refractivity contribution in [2.45, 2.75) is 68.2 Å². The predicted molar refractivity (Wildman–Crippen MR) is 115 cm³/mol. The maximum atomic E-state index is 5.22. The summed E-state index contributed by atoms with van der Waals surface area (Å²) < 4.78 is 5.22. The number of nitrogens with zero attached hydrogens (tertiary/aromatic N) is 1. The average molecular weight is 344 g/mol. The first kappa shape index (κ1) is 25.2. The molecule has 0 amide bonds. The molecule has 25 heavy (non-hydrogen) atoms. The fourth-order valence-electron chi connectivity index (χ4n) is 1.96. The van der Waals surface area contributed by atoms with E-state index in [9.17, 15) is 0 Å². The smallest absolute Gasteiger partial charge is 0.132 e. The van der Waals surface area contributed by atoms with Crippen LogP contribution in [0.15, 0.2) is 59.4 Å². The summed E-state index contributed by atoms with van der Waals surface area (Å²) in [6, 6.07) is 0. The Balaban J connectivity index is 0. The molecule has 0 fully saturated rings. The Morgan fingerprint density at radius 1 is 0.960 bits per heavy atom. The van der Waals surface area contributed by atoms with Crippen LogP contribution in [0.4, 0.5) is 0 Å². The highest BCUT2D eigenvalue weighted by molar-refractivity contribution is 5.84. The largest absolute Gasteiger partial charge is 0.363 e. The molecule has 0 bridgehead atoms. The summed E-state index contributed by atoms with van der Waals surface area (Å²) in [6.45, 7) is 16.3. The van der Waals surface area contributed by atoms with Crippen molar-refractivity contribution in [3.8, 4) is 0 Å². The van der Waals surface area contributed by atoms with Crippen LogP contribution in [0, 0.1) is 0 Å². The van der Waals surface area contributed by atoms with Crippen molar-refractivity contribution in [1.82, 2.24) is 5.16 Å². The standard InChI is InChI=1S/C19H25NO.2C2H6/c1-5-9-11-14-16(8-4)19-18(15-21-20-19)17(12-7-3)13-10-6-2;2*1-2/h5,8-15H,6-7H2,1-4H3;2*1-2H3/b9-5-,13-10-,14-11-,16-8+,17-12+;;. The third-order valence-corrected chi connectivity index (χ3v) is 3.00. The molecule has 0 saturated heterocycles. The van der Waals surface area contributed by atoms with Gasteiger partial charge in [-0.25, -0.2) is 0 Å². The van der Waals surface area contributed by atoms with Gasteiger partial charge in [-0.3, -0.25) is 0 Å². The van der Waals surface area contributed by atoms with Crippen LogP contribution < -0.4 is 0 Å². The van der Waals surface area contributed by atoms with Gasteiger partial charge in [0.25, 0.3) is 0 Å². The molecule has 1 aromatic rings. The van der Waals surface area contributed by atoms with E-state index in [1.165, 1.54) is 0 Å². The predicted octanol–water partition coefficient (Wildman–Crippen LogP) is 8.02. The number of hydrogen-bond acceptors (Lipinski definition) is 2. The third-order valence-electron chi connectivity index (χ3n) is 3.00. The van der Waals surface area contributed by atoms with Crippen molar-refractivity contribution < 1.29 is 4.52 Å². The lowest BCUT2D eigenvalue weighted by molar-refractivity contribution is 0.417. The average Bonchev–Trinajstić information content (AvgIpc) is 3.15. The van der Waals surface area contributed by atoms with Gasteiger partial charge in [-0.15, -0.1) is 0 Å². The van der Waals surface area contributed by atoms with Crippen LogP contribution in [0.5, 0.6) is 0 Å². The van der Waals surface area contributed by atoms with Crippen LogP contribution in [0.2, 0.25) is 0 Å². The highest BCUT2D eigenvalue weighted by atomic mass is 16.5. The number of allylic oxidation sites excluding steroid dienone is 10. The third kappa shape index (κ3) is 9.71. The van der Waals surface area contributed by atoms with E-state index in [1.54, 1.807) is 6.26 Å². The SMILES string of the molecule is CC.CC.C\C=C/C=C\C(=C/C)c1nocc1C(/C=C\CC)=C/CC. The lowest BCUT2D eigenvalue weighted by Gasteiger charge is -2.03. The fourth-order valence-corrected chi connectivity index (χ4v) is 1.96. The second-order valence-electron chi connectivity index (χ2n) is 4.58. The molecular weight excluding hydrogens is 306 g/mol. The maximum Gasteiger partial charge on any atom is 0.132 e. The fraction of sp³-hybridized carbons (Fsp3) is 0.435. The molecule has 140 valence electrons. The molecule has 0 aromatic carbocycles. The van der Waals surface area contributed by atoms with Crippen LogP contribution >= 0.6 is 0 Å². The molecule has 2 nitrogen and oxygen atoms in total. The Kier molecular flexibility index (Phi) is 18.4. The van der Waals surface area contributed by atoms with Gasteiger partial charge in [0.05, 0.1) is 0 Å². The van der Waals surface area contributed by atoms with E-state index >= 15 is 0 Å². The molecule has 0 aliphatic rings. The molecule has 1 aromatic heterocycles. The Morgan fingerprint density at radius 3 is 2.16 bits per heavy atom. The zero-order valence-electron chi connectivity index (χ0n) is 17.5. The van der Waals surface area contributed by atoms with Crippen LogP contribution in [0.25, 0.3) is 11.1 Å². The molecule has 1 rings (SSSR count). The molecule has 1 heterocycles. The zero-order chi connectivity index (χ0) is 19.5. The minimum atomic E-state index is 0.888. The van der Waals surface area contributed by atoms with Crippen LogP contribution in [-0.4, -0.2) is 5.16 Å². The summed E-state index contributed by atoms with van der Waals surface area (Å²) in [5, 5.41) is 4.18.